The van der Waals surface area contributed by atoms with Crippen molar-refractivity contribution in [3.05, 3.63) is 53.6 Å². The van der Waals surface area contributed by atoms with Gasteiger partial charge in [-0.25, -0.2) is 0 Å². The van der Waals surface area contributed by atoms with E-state index in [4.69, 9.17) is 13.9 Å². The number of fused-ring (bicyclic) bond motifs is 1. The van der Waals surface area contributed by atoms with Crippen LogP contribution in [0, 0.1) is 10.8 Å². The molecule has 0 saturated heterocycles. The summed E-state index contributed by atoms with van der Waals surface area (Å²) in [7, 11) is -2.22. The number of carbonyl (C=O) groups excluding carboxylic acids is 2. The highest BCUT2D eigenvalue weighted by Crippen LogP contribution is 2.40. The second-order valence-corrected chi connectivity index (χ2v) is 15.0. The molecule has 178 valence electrons. The molecule has 2 aromatic carbocycles. The standard InChI is InChI=1S/C27H36O5Si/c1-9-33(10-2)22-17-20(31-25(29)27(6,7)8)15-16-21(22)23(32-33)18-11-13-19(14-12-18)30-24(28)26(3,4)5/h11-17,23H,9-10H2,1-8H3. The van der Waals surface area contributed by atoms with Gasteiger partial charge in [0.25, 0.3) is 0 Å². The van der Waals surface area contributed by atoms with Crippen molar-refractivity contribution < 1.29 is 23.5 Å². The average molecular weight is 469 g/mol. The van der Waals surface area contributed by atoms with Gasteiger partial charge in [-0.2, -0.15) is 0 Å². The van der Waals surface area contributed by atoms with Crippen LogP contribution in [0.5, 0.6) is 11.5 Å². The topological polar surface area (TPSA) is 61.8 Å². The number of carbonyl (C=O) groups is 2. The summed E-state index contributed by atoms with van der Waals surface area (Å²) in [6.07, 6.45) is -0.189. The molecule has 0 saturated carbocycles. The molecule has 2 aromatic rings. The van der Waals surface area contributed by atoms with Crippen molar-refractivity contribution in [3.63, 3.8) is 0 Å². The molecule has 6 heteroatoms. The van der Waals surface area contributed by atoms with Crippen LogP contribution in [-0.4, -0.2) is 20.3 Å². The summed E-state index contributed by atoms with van der Waals surface area (Å²) in [6.45, 7) is 15.4. The third-order valence-electron chi connectivity index (χ3n) is 6.11. The fraction of sp³-hybridized carbons (Fsp3) is 0.481. The van der Waals surface area contributed by atoms with Crippen molar-refractivity contribution in [1.82, 2.24) is 0 Å². The van der Waals surface area contributed by atoms with Gasteiger partial charge in [0.1, 0.15) is 11.5 Å². The maximum absolute atomic E-state index is 12.4. The minimum absolute atomic E-state index is 0.189. The SMILES string of the molecule is CC[Si]1(CC)OC(c2ccc(OC(=O)C(C)(C)C)cc2)c2ccc(OC(=O)C(C)(C)C)cc21. The summed E-state index contributed by atoms with van der Waals surface area (Å²) >= 11 is 0. The van der Waals surface area contributed by atoms with Gasteiger partial charge in [0.05, 0.1) is 16.9 Å². The van der Waals surface area contributed by atoms with E-state index in [9.17, 15) is 9.59 Å². The minimum Gasteiger partial charge on any atom is -0.426 e. The first kappa shape index (κ1) is 25.2. The van der Waals surface area contributed by atoms with E-state index >= 15 is 0 Å². The van der Waals surface area contributed by atoms with Gasteiger partial charge >= 0.3 is 11.9 Å². The summed E-state index contributed by atoms with van der Waals surface area (Å²) in [6, 6.07) is 15.3. The second-order valence-electron chi connectivity index (χ2n) is 10.8. The van der Waals surface area contributed by atoms with Crippen LogP contribution in [-0.2, 0) is 14.0 Å². The van der Waals surface area contributed by atoms with Gasteiger partial charge in [0.15, 0.2) is 0 Å². The molecule has 0 spiro atoms. The largest absolute Gasteiger partial charge is 0.426 e. The summed E-state index contributed by atoms with van der Waals surface area (Å²) in [5.74, 6) is 0.578. The lowest BCUT2D eigenvalue weighted by Crippen LogP contribution is -2.45. The van der Waals surface area contributed by atoms with Gasteiger partial charge in [-0.3, -0.25) is 9.59 Å². The Morgan fingerprint density at radius 3 is 1.79 bits per heavy atom. The Morgan fingerprint density at radius 2 is 1.30 bits per heavy atom. The Morgan fingerprint density at radius 1 is 0.818 bits per heavy atom. The summed E-state index contributed by atoms with van der Waals surface area (Å²) < 4.78 is 18.0. The van der Waals surface area contributed by atoms with Gasteiger partial charge < -0.3 is 13.9 Å². The monoisotopic (exact) mass is 468 g/mol. The smallest absolute Gasteiger partial charge is 0.316 e. The Hall–Kier alpha value is -2.44. The molecule has 1 unspecified atom stereocenters. The molecule has 33 heavy (non-hydrogen) atoms. The van der Waals surface area contributed by atoms with E-state index in [1.54, 1.807) is 0 Å². The van der Waals surface area contributed by atoms with E-state index in [0.29, 0.717) is 11.5 Å². The van der Waals surface area contributed by atoms with Crippen molar-refractivity contribution in [2.75, 3.05) is 0 Å². The van der Waals surface area contributed by atoms with Crippen molar-refractivity contribution in [2.45, 2.75) is 73.6 Å². The van der Waals surface area contributed by atoms with E-state index in [1.807, 2.05) is 84.0 Å². The van der Waals surface area contributed by atoms with E-state index in [2.05, 4.69) is 13.8 Å². The summed E-state index contributed by atoms with van der Waals surface area (Å²) in [5, 5.41) is 1.19. The average Bonchev–Trinajstić information content (AvgIpc) is 3.07. The molecular formula is C27H36O5Si. The first-order chi connectivity index (χ1) is 15.3. The molecule has 1 aliphatic heterocycles. The first-order valence-electron chi connectivity index (χ1n) is 11.7. The van der Waals surface area contributed by atoms with Crippen LogP contribution in [0.25, 0.3) is 0 Å². The number of hydrogen-bond donors (Lipinski definition) is 0. The van der Waals surface area contributed by atoms with Gasteiger partial charge in [-0.1, -0.05) is 32.0 Å². The number of esters is 2. The van der Waals surface area contributed by atoms with E-state index in [1.165, 1.54) is 5.19 Å². The van der Waals surface area contributed by atoms with Gasteiger partial charge in [0, 0.05) is 0 Å². The third kappa shape index (κ3) is 5.22. The van der Waals surface area contributed by atoms with Crippen molar-refractivity contribution in [2.24, 2.45) is 10.8 Å². The number of hydrogen-bond acceptors (Lipinski definition) is 5. The molecule has 1 heterocycles. The maximum atomic E-state index is 12.4. The molecule has 1 aliphatic rings. The minimum atomic E-state index is -2.22. The van der Waals surface area contributed by atoms with Crippen LogP contribution < -0.4 is 14.7 Å². The maximum Gasteiger partial charge on any atom is 0.316 e. The highest BCUT2D eigenvalue weighted by Gasteiger charge is 2.46. The summed E-state index contributed by atoms with van der Waals surface area (Å²) in [4.78, 5) is 24.6. The molecule has 0 fully saturated rings. The Balaban J connectivity index is 1.92. The fourth-order valence-corrected chi connectivity index (χ4v) is 7.43. The van der Waals surface area contributed by atoms with Crippen LogP contribution >= 0.6 is 0 Å². The Labute approximate surface area is 198 Å². The highest BCUT2D eigenvalue weighted by molar-refractivity contribution is 6.87. The van der Waals surface area contributed by atoms with Crippen LogP contribution in [0.15, 0.2) is 42.5 Å². The zero-order valence-electron chi connectivity index (χ0n) is 21.1. The lowest BCUT2D eigenvalue weighted by Gasteiger charge is -2.25. The predicted molar refractivity (Wildman–Crippen MR) is 132 cm³/mol. The molecule has 1 atom stereocenters. The van der Waals surface area contributed by atoms with E-state index < -0.39 is 19.1 Å². The normalized spacial score (nSPS) is 17.4. The molecule has 0 radical (unpaired) electrons. The van der Waals surface area contributed by atoms with Gasteiger partial charge in [-0.15, -0.1) is 0 Å². The quantitative estimate of drug-likeness (QED) is 0.310. The van der Waals surface area contributed by atoms with Crippen molar-refractivity contribution in [3.8, 4) is 11.5 Å². The second kappa shape index (κ2) is 9.07. The molecule has 3 rings (SSSR count). The van der Waals surface area contributed by atoms with Gasteiger partial charge in [-0.05, 0) is 94.2 Å². The van der Waals surface area contributed by atoms with E-state index in [0.717, 1.165) is 23.2 Å². The Bertz CT molecular complexity index is 1020. The van der Waals surface area contributed by atoms with E-state index in [-0.39, 0.29) is 18.0 Å². The molecular weight excluding hydrogens is 432 g/mol. The number of rotatable bonds is 5. The Kier molecular flexibility index (Phi) is 6.92. The fourth-order valence-electron chi connectivity index (χ4n) is 3.85. The predicted octanol–water partition coefficient (Wildman–Crippen LogP) is 5.90. The van der Waals surface area contributed by atoms with Crippen molar-refractivity contribution in [1.29, 1.82) is 0 Å². The number of benzene rings is 2. The molecule has 0 aliphatic carbocycles. The molecule has 0 N–H and O–H groups in total. The number of ether oxygens (including phenoxy) is 2. The van der Waals surface area contributed by atoms with Crippen LogP contribution in [0.2, 0.25) is 12.1 Å². The highest BCUT2D eigenvalue weighted by atomic mass is 28.4. The van der Waals surface area contributed by atoms with Crippen LogP contribution in [0.3, 0.4) is 0 Å². The third-order valence-corrected chi connectivity index (χ3v) is 10.5. The molecule has 0 aromatic heterocycles. The lowest BCUT2D eigenvalue weighted by molar-refractivity contribution is -0.143. The lowest BCUT2D eigenvalue weighted by atomic mass is 9.97. The molecule has 0 bridgehead atoms. The van der Waals surface area contributed by atoms with Crippen LogP contribution in [0.4, 0.5) is 0 Å². The first-order valence-corrected chi connectivity index (χ1v) is 14.0. The zero-order chi connectivity index (χ0) is 24.6. The summed E-state index contributed by atoms with van der Waals surface area (Å²) in [5.41, 5.74) is 1.01. The molecule has 0 amide bonds. The van der Waals surface area contributed by atoms with Crippen molar-refractivity contribution >= 4 is 25.4 Å². The van der Waals surface area contributed by atoms with Crippen LogP contribution in [0.1, 0.15) is 72.6 Å². The van der Waals surface area contributed by atoms with Gasteiger partial charge in [0.2, 0.25) is 8.32 Å². The molecule has 5 nitrogen and oxygen atoms in total. The zero-order valence-corrected chi connectivity index (χ0v) is 22.1.